The van der Waals surface area contributed by atoms with E-state index in [1.165, 1.54) is 16.6 Å². The van der Waals surface area contributed by atoms with Crippen molar-refractivity contribution >= 4 is 17.4 Å². The SMILES string of the molecule is COCCn1c(N)c(N(Cc2ccccc2)C(=O)c2cccc(-n3cccc3)c2)c(=O)[nH]c1=O. The van der Waals surface area contributed by atoms with E-state index in [1.807, 2.05) is 65.5 Å². The zero-order chi connectivity index (χ0) is 24.1. The van der Waals surface area contributed by atoms with Crippen LogP contribution >= 0.6 is 0 Å². The van der Waals surface area contributed by atoms with Crippen LogP contribution in [0.4, 0.5) is 11.5 Å². The van der Waals surface area contributed by atoms with Crippen LogP contribution in [0.3, 0.4) is 0 Å². The van der Waals surface area contributed by atoms with Gasteiger partial charge in [0.2, 0.25) is 0 Å². The number of amides is 1. The lowest BCUT2D eigenvalue weighted by Crippen LogP contribution is -2.41. The van der Waals surface area contributed by atoms with E-state index in [0.717, 1.165) is 11.3 Å². The molecule has 0 saturated carbocycles. The number of carbonyl (C=O) groups excluding carboxylic acids is 1. The molecule has 2 aromatic carbocycles. The lowest BCUT2D eigenvalue weighted by molar-refractivity contribution is 0.0984. The summed E-state index contributed by atoms with van der Waals surface area (Å²) in [7, 11) is 1.50. The minimum atomic E-state index is -0.734. The van der Waals surface area contributed by atoms with Crippen molar-refractivity contribution < 1.29 is 9.53 Å². The Balaban J connectivity index is 1.83. The molecular weight excluding hydrogens is 434 g/mol. The largest absolute Gasteiger partial charge is 0.383 e. The van der Waals surface area contributed by atoms with Crippen LogP contribution in [0.5, 0.6) is 0 Å². The van der Waals surface area contributed by atoms with Crippen molar-refractivity contribution in [3.05, 3.63) is 111 Å². The number of carbonyl (C=O) groups is 1. The maximum Gasteiger partial charge on any atom is 0.330 e. The Kier molecular flexibility index (Phi) is 6.74. The van der Waals surface area contributed by atoms with E-state index in [-0.39, 0.29) is 31.2 Å². The number of H-pyrrole nitrogens is 1. The summed E-state index contributed by atoms with van der Waals surface area (Å²) in [4.78, 5) is 42.7. The van der Waals surface area contributed by atoms with Gasteiger partial charge < -0.3 is 15.0 Å². The van der Waals surface area contributed by atoms with Gasteiger partial charge in [-0.1, -0.05) is 36.4 Å². The van der Waals surface area contributed by atoms with Crippen molar-refractivity contribution in [3.8, 4) is 5.69 Å². The standard InChI is InChI=1S/C25H25N5O4/c1-34-15-14-29-22(26)21(23(31)27-25(29)33)30(17-18-8-3-2-4-9-18)24(32)19-10-7-11-20(16-19)28-12-5-6-13-28/h2-13,16H,14-15,17,26H2,1H3,(H,27,31,33). The highest BCUT2D eigenvalue weighted by atomic mass is 16.5. The average molecular weight is 460 g/mol. The molecule has 0 unspecified atom stereocenters. The smallest absolute Gasteiger partial charge is 0.330 e. The fourth-order valence-corrected chi connectivity index (χ4v) is 3.72. The molecule has 0 bridgehead atoms. The highest BCUT2D eigenvalue weighted by Crippen LogP contribution is 2.23. The molecule has 1 amide bonds. The molecule has 0 saturated heterocycles. The van der Waals surface area contributed by atoms with E-state index in [2.05, 4.69) is 4.98 Å². The van der Waals surface area contributed by atoms with Crippen LogP contribution < -0.4 is 21.9 Å². The molecule has 0 spiro atoms. The van der Waals surface area contributed by atoms with Crippen molar-refractivity contribution in [1.82, 2.24) is 14.1 Å². The first-order valence-corrected chi connectivity index (χ1v) is 10.7. The molecule has 34 heavy (non-hydrogen) atoms. The first-order chi connectivity index (χ1) is 16.5. The molecule has 0 fully saturated rings. The number of nitrogen functional groups attached to an aromatic ring is 1. The molecule has 9 nitrogen and oxygen atoms in total. The van der Waals surface area contributed by atoms with E-state index >= 15 is 0 Å². The molecule has 0 aliphatic carbocycles. The summed E-state index contributed by atoms with van der Waals surface area (Å²) in [5.41, 5.74) is 6.77. The summed E-state index contributed by atoms with van der Waals surface area (Å²) in [6, 6.07) is 20.1. The first kappa shape index (κ1) is 22.8. The third kappa shape index (κ3) is 4.69. The molecule has 2 heterocycles. The highest BCUT2D eigenvalue weighted by Gasteiger charge is 2.26. The van der Waals surface area contributed by atoms with E-state index in [4.69, 9.17) is 10.5 Å². The number of aromatic amines is 1. The predicted octanol–water partition coefficient (Wildman–Crippen LogP) is 2.40. The molecule has 4 aromatic rings. The van der Waals surface area contributed by atoms with Crippen LogP contribution in [0.25, 0.3) is 5.69 Å². The molecule has 9 heteroatoms. The third-order valence-corrected chi connectivity index (χ3v) is 5.43. The second kappa shape index (κ2) is 10.1. The van der Waals surface area contributed by atoms with Gasteiger partial charge in [-0.05, 0) is 35.9 Å². The predicted molar refractivity (Wildman–Crippen MR) is 130 cm³/mol. The van der Waals surface area contributed by atoms with E-state index in [0.29, 0.717) is 5.56 Å². The number of rotatable bonds is 8. The molecule has 0 atom stereocenters. The maximum absolute atomic E-state index is 13.8. The molecule has 0 aliphatic heterocycles. The summed E-state index contributed by atoms with van der Waals surface area (Å²) < 4.78 is 8.13. The number of methoxy groups -OCH3 is 1. The van der Waals surface area contributed by atoms with E-state index < -0.39 is 17.2 Å². The molecular formula is C25H25N5O4. The number of nitrogens with zero attached hydrogens (tertiary/aromatic N) is 3. The third-order valence-electron chi connectivity index (χ3n) is 5.43. The molecule has 174 valence electrons. The highest BCUT2D eigenvalue weighted by molar-refractivity contribution is 6.07. The summed E-state index contributed by atoms with van der Waals surface area (Å²) in [5.74, 6) is -0.524. The lowest BCUT2D eigenvalue weighted by atomic mass is 10.1. The number of aromatic nitrogens is 3. The Bertz CT molecular complexity index is 1390. The monoisotopic (exact) mass is 459 g/mol. The van der Waals surface area contributed by atoms with Crippen molar-refractivity contribution in [2.24, 2.45) is 0 Å². The number of hydrogen-bond acceptors (Lipinski definition) is 5. The normalized spacial score (nSPS) is 10.9. The summed E-state index contributed by atoms with van der Waals surface area (Å²) in [5, 5.41) is 0. The minimum absolute atomic E-state index is 0.0865. The summed E-state index contributed by atoms with van der Waals surface area (Å²) in [6.07, 6.45) is 3.75. The molecule has 2 aromatic heterocycles. The van der Waals surface area contributed by atoms with E-state index in [9.17, 15) is 14.4 Å². The number of nitrogens with two attached hydrogens (primary N) is 1. The van der Waals surface area contributed by atoms with Gasteiger partial charge in [-0.15, -0.1) is 0 Å². The van der Waals surface area contributed by atoms with Gasteiger partial charge in [0.1, 0.15) is 5.82 Å². The zero-order valence-corrected chi connectivity index (χ0v) is 18.7. The van der Waals surface area contributed by atoms with Crippen molar-refractivity contribution in [3.63, 3.8) is 0 Å². The topological polar surface area (TPSA) is 115 Å². The number of hydrogen-bond donors (Lipinski definition) is 2. The Morgan fingerprint density at radius 2 is 1.76 bits per heavy atom. The van der Waals surface area contributed by atoms with Gasteiger partial charge in [0, 0.05) is 30.8 Å². The van der Waals surface area contributed by atoms with Crippen LogP contribution in [-0.4, -0.2) is 33.7 Å². The molecule has 0 radical (unpaired) electrons. The lowest BCUT2D eigenvalue weighted by Gasteiger charge is -2.25. The Hall–Kier alpha value is -4.37. The Labute approximate surface area is 195 Å². The van der Waals surface area contributed by atoms with Gasteiger partial charge in [0.15, 0.2) is 5.69 Å². The molecule has 3 N–H and O–H groups in total. The Morgan fingerprint density at radius 3 is 2.47 bits per heavy atom. The van der Waals surface area contributed by atoms with Crippen molar-refractivity contribution in [2.45, 2.75) is 13.1 Å². The van der Waals surface area contributed by atoms with Crippen LogP contribution in [-0.2, 0) is 17.8 Å². The zero-order valence-electron chi connectivity index (χ0n) is 18.7. The first-order valence-electron chi connectivity index (χ1n) is 10.7. The number of anilines is 2. The quantitative estimate of drug-likeness (QED) is 0.420. The second-order valence-corrected chi connectivity index (χ2v) is 7.66. The van der Waals surface area contributed by atoms with Crippen molar-refractivity contribution in [2.75, 3.05) is 24.4 Å². The van der Waals surface area contributed by atoms with Crippen LogP contribution in [0.2, 0.25) is 0 Å². The number of ether oxygens (including phenoxy) is 1. The molecule has 0 aliphatic rings. The Morgan fingerprint density at radius 1 is 1.03 bits per heavy atom. The fraction of sp³-hybridized carbons (Fsp3) is 0.160. The van der Waals surface area contributed by atoms with Gasteiger partial charge in [-0.3, -0.25) is 24.0 Å². The van der Waals surface area contributed by atoms with Crippen molar-refractivity contribution in [1.29, 1.82) is 0 Å². The maximum atomic E-state index is 13.8. The average Bonchev–Trinajstić information content (AvgIpc) is 3.39. The van der Waals surface area contributed by atoms with E-state index in [1.54, 1.807) is 18.2 Å². The number of benzene rings is 2. The van der Waals surface area contributed by atoms with Gasteiger partial charge >= 0.3 is 5.69 Å². The number of nitrogens with one attached hydrogen (secondary N) is 1. The van der Waals surface area contributed by atoms with Gasteiger partial charge in [-0.2, -0.15) is 0 Å². The molecule has 4 rings (SSSR count). The minimum Gasteiger partial charge on any atom is -0.383 e. The fourth-order valence-electron chi connectivity index (χ4n) is 3.72. The van der Waals surface area contributed by atoms with Gasteiger partial charge in [-0.25, -0.2) is 4.79 Å². The van der Waals surface area contributed by atoms with Crippen LogP contribution in [0.1, 0.15) is 15.9 Å². The van der Waals surface area contributed by atoms with Gasteiger partial charge in [0.05, 0.1) is 19.7 Å². The van der Waals surface area contributed by atoms with Gasteiger partial charge in [0.25, 0.3) is 11.5 Å². The van der Waals surface area contributed by atoms with Crippen LogP contribution in [0.15, 0.2) is 88.7 Å². The second-order valence-electron chi connectivity index (χ2n) is 7.66. The summed E-state index contributed by atoms with van der Waals surface area (Å²) >= 11 is 0. The summed E-state index contributed by atoms with van der Waals surface area (Å²) in [6.45, 7) is 0.422. The van der Waals surface area contributed by atoms with Crippen LogP contribution in [0, 0.1) is 0 Å².